The Morgan fingerprint density at radius 2 is 2.14 bits per heavy atom. The van der Waals surface area contributed by atoms with Gasteiger partial charge in [0.1, 0.15) is 5.41 Å². The van der Waals surface area contributed by atoms with Crippen LogP contribution in [0.4, 0.5) is 18.9 Å². The first-order valence-electron chi connectivity index (χ1n) is 6.23. The van der Waals surface area contributed by atoms with E-state index in [0.717, 1.165) is 22.5 Å². The van der Waals surface area contributed by atoms with Crippen LogP contribution in [0.1, 0.15) is 12.6 Å². The normalized spacial score (nSPS) is 21.3. The molecule has 1 amide bonds. The molecule has 0 bridgehead atoms. The van der Waals surface area contributed by atoms with Gasteiger partial charge in [0.25, 0.3) is 0 Å². The van der Waals surface area contributed by atoms with E-state index in [1.807, 2.05) is 0 Å². The number of amides is 1. The van der Waals surface area contributed by atoms with Gasteiger partial charge in [-0.25, -0.2) is 9.50 Å². The Bertz CT molecular complexity index is 763. The van der Waals surface area contributed by atoms with Crippen LogP contribution in [0.2, 0.25) is 0 Å². The van der Waals surface area contributed by atoms with Crippen molar-refractivity contribution in [3.8, 4) is 0 Å². The smallest absolute Gasteiger partial charge is 0.422 e. The molecule has 0 radical (unpaired) electrons. The second-order valence-corrected chi connectivity index (χ2v) is 5.27. The number of alkyl halides is 3. The number of carbonyl (C=O) groups is 1. The molecule has 0 spiro atoms. The first kappa shape index (κ1) is 14.8. The molecule has 1 atom stereocenters. The Morgan fingerprint density at radius 1 is 1.45 bits per heavy atom. The van der Waals surface area contributed by atoms with E-state index in [1.165, 1.54) is 6.07 Å². The Morgan fingerprint density at radius 3 is 2.68 bits per heavy atom. The Balaban J connectivity index is 2.34. The molecule has 0 fully saturated rings. The molecule has 116 valence electrons. The molecule has 0 saturated heterocycles. The standard InChI is InChI=1S/C11H10BF3N4O3/c1-10(11(13,14)15)4-18(5-20)6-3-16-8-2-7(12(21)22)17-19(8)9(6)10/h2-3,5,21-22H,4H2,1H3. The maximum atomic E-state index is 13.5. The molecule has 3 heterocycles. The first-order chi connectivity index (χ1) is 10.2. The molecule has 1 unspecified atom stereocenters. The second-order valence-electron chi connectivity index (χ2n) is 5.27. The van der Waals surface area contributed by atoms with Gasteiger partial charge < -0.3 is 14.9 Å². The van der Waals surface area contributed by atoms with Crippen molar-refractivity contribution in [2.75, 3.05) is 11.4 Å². The third kappa shape index (κ3) is 1.82. The second kappa shape index (κ2) is 4.43. The number of aromatic nitrogens is 3. The summed E-state index contributed by atoms with van der Waals surface area (Å²) in [5, 5.41) is 22.0. The molecule has 0 aromatic carbocycles. The van der Waals surface area contributed by atoms with Crippen molar-refractivity contribution in [2.45, 2.75) is 18.5 Å². The highest BCUT2D eigenvalue weighted by molar-refractivity contribution is 6.57. The van der Waals surface area contributed by atoms with Gasteiger partial charge in [0.15, 0.2) is 5.65 Å². The van der Waals surface area contributed by atoms with E-state index < -0.39 is 25.3 Å². The number of nitrogens with zero attached hydrogens (tertiary/aromatic N) is 4. The van der Waals surface area contributed by atoms with Gasteiger partial charge in [-0.2, -0.15) is 18.3 Å². The number of rotatable bonds is 2. The summed E-state index contributed by atoms with van der Waals surface area (Å²) in [5.41, 5.74) is -2.80. The van der Waals surface area contributed by atoms with Crippen molar-refractivity contribution >= 4 is 30.5 Å². The molecular formula is C11H10BF3N4O3. The fourth-order valence-electron chi connectivity index (χ4n) is 2.61. The lowest BCUT2D eigenvalue weighted by atomic mass is 9.87. The third-order valence-electron chi connectivity index (χ3n) is 3.82. The van der Waals surface area contributed by atoms with Crippen LogP contribution < -0.4 is 10.5 Å². The zero-order valence-corrected chi connectivity index (χ0v) is 11.2. The quantitative estimate of drug-likeness (QED) is 0.560. The van der Waals surface area contributed by atoms with Crippen LogP contribution in [0.25, 0.3) is 5.65 Å². The molecule has 3 rings (SSSR count). The lowest BCUT2D eigenvalue weighted by Crippen LogP contribution is -2.44. The van der Waals surface area contributed by atoms with Gasteiger partial charge in [-0.3, -0.25) is 4.79 Å². The molecule has 2 aromatic rings. The number of hydrogen-bond donors (Lipinski definition) is 2. The van der Waals surface area contributed by atoms with Gasteiger partial charge in [-0.1, -0.05) is 0 Å². The van der Waals surface area contributed by atoms with E-state index in [2.05, 4.69) is 10.1 Å². The molecule has 1 aliphatic heterocycles. The summed E-state index contributed by atoms with van der Waals surface area (Å²) in [6.07, 6.45) is -3.18. The van der Waals surface area contributed by atoms with Crippen LogP contribution in [-0.2, 0) is 10.2 Å². The SMILES string of the molecule is CC1(C(F)(F)F)CN(C=O)c2cnc3cc(B(O)O)nn3c21. The maximum absolute atomic E-state index is 13.5. The third-order valence-corrected chi connectivity index (χ3v) is 3.82. The van der Waals surface area contributed by atoms with Crippen molar-refractivity contribution in [1.82, 2.24) is 14.6 Å². The molecule has 7 nitrogen and oxygen atoms in total. The highest BCUT2D eigenvalue weighted by Crippen LogP contribution is 2.49. The van der Waals surface area contributed by atoms with Crippen molar-refractivity contribution in [1.29, 1.82) is 0 Å². The van der Waals surface area contributed by atoms with Gasteiger partial charge in [0.05, 0.1) is 23.2 Å². The Kier molecular flexibility index (Phi) is 2.98. The van der Waals surface area contributed by atoms with E-state index in [9.17, 15) is 18.0 Å². The maximum Gasteiger partial charge on any atom is 0.510 e. The van der Waals surface area contributed by atoms with Gasteiger partial charge in [-0.15, -0.1) is 0 Å². The predicted octanol–water partition coefficient (Wildman–Crippen LogP) is -0.795. The molecule has 22 heavy (non-hydrogen) atoms. The van der Waals surface area contributed by atoms with Crippen LogP contribution >= 0.6 is 0 Å². The Hall–Kier alpha value is -2.14. The van der Waals surface area contributed by atoms with E-state index >= 15 is 0 Å². The fraction of sp³-hybridized carbons (Fsp3) is 0.364. The monoisotopic (exact) mass is 314 g/mol. The van der Waals surface area contributed by atoms with Crippen LogP contribution in [0.5, 0.6) is 0 Å². The van der Waals surface area contributed by atoms with Crippen LogP contribution in [-0.4, -0.2) is 50.9 Å². The molecule has 0 saturated carbocycles. The minimum Gasteiger partial charge on any atom is -0.422 e. The van der Waals surface area contributed by atoms with E-state index in [4.69, 9.17) is 10.0 Å². The molecular weight excluding hydrogens is 304 g/mol. The molecule has 11 heteroatoms. The molecule has 1 aliphatic rings. The van der Waals surface area contributed by atoms with E-state index in [0.29, 0.717) is 6.41 Å². The van der Waals surface area contributed by atoms with E-state index in [1.54, 1.807) is 0 Å². The van der Waals surface area contributed by atoms with Gasteiger partial charge >= 0.3 is 13.3 Å². The summed E-state index contributed by atoms with van der Waals surface area (Å²) in [5.74, 6) is 0. The van der Waals surface area contributed by atoms with Crippen LogP contribution in [0.15, 0.2) is 12.3 Å². The van der Waals surface area contributed by atoms with Gasteiger partial charge in [-0.05, 0) is 6.92 Å². The summed E-state index contributed by atoms with van der Waals surface area (Å²) >= 11 is 0. The Labute approximate surface area is 122 Å². The van der Waals surface area contributed by atoms with Crippen LogP contribution in [0.3, 0.4) is 0 Å². The summed E-state index contributed by atoms with van der Waals surface area (Å²) in [6.45, 7) is 0.374. The first-order valence-corrected chi connectivity index (χ1v) is 6.23. The summed E-state index contributed by atoms with van der Waals surface area (Å²) in [7, 11) is -1.93. The predicted molar refractivity (Wildman–Crippen MR) is 69.6 cm³/mol. The molecule has 2 aromatic heterocycles. The number of fused-ring (bicyclic) bond motifs is 3. The minimum absolute atomic E-state index is 0.00981. The fourth-order valence-corrected chi connectivity index (χ4v) is 2.61. The topological polar surface area (TPSA) is 91.0 Å². The minimum atomic E-state index is -4.63. The van der Waals surface area contributed by atoms with Crippen molar-refractivity contribution in [3.05, 3.63) is 18.0 Å². The van der Waals surface area contributed by atoms with Crippen LogP contribution in [0, 0.1) is 0 Å². The number of anilines is 1. The largest absolute Gasteiger partial charge is 0.510 e. The van der Waals surface area contributed by atoms with Gasteiger partial charge in [0, 0.05) is 12.6 Å². The summed E-state index contributed by atoms with van der Waals surface area (Å²) in [6, 6.07) is 1.17. The summed E-state index contributed by atoms with van der Waals surface area (Å²) < 4.78 is 41.5. The zero-order chi connectivity index (χ0) is 16.3. The average molecular weight is 314 g/mol. The zero-order valence-electron chi connectivity index (χ0n) is 11.2. The highest BCUT2D eigenvalue weighted by Gasteiger charge is 2.59. The molecule has 2 N–H and O–H groups in total. The average Bonchev–Trinajstić information content (AvgIpc) is 2.97. The van der Waals surface area contributed by atoms with E-state index in [-0.39, 0.29) is 22.6 Å². The number of halogens is 3. The lowest BCUT2D eigenvalue weighted by Gasteiger charge is -2.27. The number of carbonyl (C=O) groups excluding carboxylic acids is 1. The van der Waals surface area contributed by atoms with Crippen molar-refractivity contribution in [2.24, 2.45) is 0 Å². The van der Waals surface area contributed by atoms with Crippen molar-refractivity contribution < 1.29 is 28.0 Å². The lowest BCUT2D eigenvalue weighted by molar-refractivity contribution is -0.181. The molecule has 0 aliphatic carbocycles. The van der Waals surface area contributed by atoms with Crippen molar-refractivity contribution in [3.63, 3.8) is 0 Å². The number of hydrogen-bond acceptors (Lipinski definition) is 5. The summed E-state index contributed by atoms with van der Waals surface area (Å²) in [4.78, 5) is 15.9. The highest BCUT2D eigenvalue weighted by atomic mass is 19.4. The van der Waals surface area contributed by atoms with Gasteiger partial charge in [0.2, 0.25) is 6.41 Å².